The number of esters is 1. The molecule has 1 amide bonds. The first kappa shape index (κ1) is 18.3. The van der Waals surface area contributed by atoms with E-state index in [0.717, 1.165) is 12.0 Å². The molecule has 1 aromatic carbocycles. The van der Waals surface area contributed by atoms with Crippen LogP contribution in [-0.4, -0.2) is 17.7 Å². The summed E-state index contributed by atoms with van der Waals surface area (Å²) < 4.78 is 10.9. The topological polar surface area (TPSA) is 64.6 Å². The molecule has 0 aliphatic heterocycles. The molecule has 24 heavy (non-hydrogen) atoms. The number of para-hydroxylation sites is 1. The van der Waals surface area contributed by atoms with E-state index in [0.29, 0.717) is 18.1 Å². The standard InChI is InChI=1S/C19H27NO4/c1-6-15(20-18(22)24-19(3,4)5)13-9-7-8-10-16(13)23-17(21)14-11-12(14)2/h7-10,12,14-15H,6,11H2,1-5H3,(H,20,22)/t12-,14+,15+/m1/s1. The summed E-state index contributed by atoms with van der Waals surface area (Å²) in [4.78, 5) is 24.2. The van der Waals surface area contributed by atoms with E-state index in [4.69, 9.17) is 9.47 Å². The minimum absolute atomic E-state index is 0.00283. The highest BCUT2D eigenvalue weighted by molar-refractivity contribution is 5.78. The predicted octanol–water partition coefficient (Wildman–Crippen LogP) is 4.22. The number of nitrogens with one attached hydrogen (secondary N) is 1. The van der Waals surface area contributed by atoms with Crippen molar-refractivity contribution < 1.29 is 19.1 Å². The number of ether oxygens (including phenoxy) is 2. The van der Waals surface area contributed by atoms with Crippen molar-refractivity contribution in [2.75, 3.05) is 0 Å². The minimum atomic E-state index is -0.559. The number of hydrogen-bond donors (Lipinski definition) is 1. The van der Waals surface area contributed by atoms with Gasteiger partial charge in [0.2, 0.25) is 0 Å². The third kappa shape index (κ3) is 4.98. The van der Waals surface area contributed by atoms with E-state index >= 15 is 0 Å². The van der Waals surface area contributed by atoms with Crippen LogP contribution in [-0.2, 0) is 9.53 Å². The van der Waals surface area contributed by atoms with E-state index < -0.39 is 11.7 Å². The van der Waals surface area contributed by atoms with Crippen molar-refractivity contribution in [3.05, 3.63) is 29.8 Å². The Kier molecular flexibility index (Phi) is 5.52. The second kappa shape index (κ2) is 7.24. The van der Waals surface area contributed by atoms with E-state index in [-0.39, 0.29) is 17.9 Å². The van der Waals surface area contributed by atoms with E-state index in [1.165, 1.54) is 0 Å². The van der Waals surface area contributed by atoms with Crippen LogP contribution < -0.4 is 10.1 Å². The van der Waals surface area contributed by atoms with Crippen LogP contribution in [0.2, 0.25) is 0 Å². The van der Waals surface area contributed by atoms with Gasteiger partial charge in [-0.15, -0.1) is 0 Å². The van der Waals surface area contributed by atoms with Crippen LogP contribution in [0.1, 0.15) is 59.1 Å². The van der Waals surface area contributed by atoms with Crippen LogP contribution in [0.4, 0.5) is 4.79 Å². The fourth-order valence-corrected chi connectivity index (χ4v) is 2.55. The second-order valence-corrected chi connectivity index (χ2v) is 7.39. The summed E-state index contributed by atoms with van der Waals surface area (Å²) in [6.45, 7) is 9.46. The molecule has 5 nitrogen and oxygen atoms in total. The molecule has 2 rings (SSSR count). The molecule has 1 saturated carbocycles. The Morgan fingerprint density at radius 3 is 2.46 bits per heavy atom. The lowest BCUT2D eigenvalue weighted by atomic mass is 10.0. The van der Waals surface area contributed by atoms with E-state index in [1.54, 1.807) is 6.07 Å². The SMILES string of the molecule is CC[C@H](NC(=O)OC(C)(C)C)c1ccccc1OC(=O)[C@H]1C[C@H]1C. The number of carbonyl (C=O) groups is 2. The minimum Gasteiger partial charge on any atom is -0.444 e. The summed E-state index contributed by atoms with van der Waals surface area (Å²) in [6, 6.07) is 7.04. The fourth-order valence-electron chi connectivity index (χ4n) is 2.55. The molecule has 0 spiro atoms. The Morgan fingerprint density at radius 2 is 1.92 bits per heavy atom. The smallest absolute Gasteiger partial charge is 0.408 e. The van der Waals surface area contributed by atoms with Crippen molar-refractivity contribution in [2.45, 2.75) is 59.1 Å². The summed E-state index contributed by atoms with van der Waals surface area (Å²) in [5, 5.41) is 2.85. The van der Waals surface area contributed by atoms with Gasteiger partial charge in [-0.3, -0.25) is 4.79 Å². The fraction of sp³-hybridized carbons (Fsp3) is 0.579. The van der Waals surface area contributed by atoms with Gasteiger partial charge in [0.15, 0.2) is 0 Å². The van der Waals surface area contributed by atoms with Gasteiger partial charge in [-0.1, -0.05) is 32.0 Å². The van der Waals surface area contributed by atoms with Crippen LogP contribution in [0.3, 0.4) is 0 Å². The molecule has 0 radical (unpaired) electrons. The van der Waals surface area contributed by atoms with Gasteiger partial charge in [0.25, 0.3) is 0 Å². The number of hydrogen-bond acceptors (Lipinski definition) is 4. The van der Waals surface area contributed by atoms with Gasteiger partial charge in [-0.05, 0) is 45.6 Å². The maximum absolute atomic E-state index is 12.1. The van der Waals surface area contributed by atoms with Gasteiger partial charge in [-0.2, -0.15) is 0 Å². The summed E-state index contributed by atoms with van der Waals surface area (Å²) in [7, 11) is 0. The second-order valence-electron chi connectivity index (χ2n) is 7.39. The number of amides is 1. The molecule has 3 atom stereocenters. The normalized spacial score (nSPS) is 20.9. The molecule has 5 heteroatoms. The van der Waals surface area contributed by atoms with Crippen molar-refractivity contribution in [2.24, 2.45) is 11.8 Å². The van der Waals surface area contributed by atoms with Gasteiger partial charge in [0, 0.05) is 5.56 Å². The van der Waals surface area contributed by atoms with Crippen LogP contribution in [0.25, 0.3) is 0 Å². The summed E-state index contributed by atoms with van der Waals surface area (Å²) >= 11 is 0. The molecule has 1 N–H and O–H groups in total. The number of benzene rings is 1. The average molecular weight is 333 g/mol. The van der Waals surface area contributed by atoms with Crippen molar-refractivity contribution >= 4 is 12.1 Å². The maximum Gasteiger partial charge on any atom is 0.408 e. The van der Waals surface area contributed by atoms with Crippen molar-refractivity contribution in [3.8, 4) is 5.75 Å². The molecule has 0 saturated heterocycles. The zero-order valence-electron chi connectivity index (χ0n) is 15.1. The largest absolute Gasteiger partial charge is 0.444 e. The van der Waals surface area contributed by atoms with Gasteiger partial charge >= 0.3 is 12.1 Å². The van der Waals surface area contributed by atoms with Gasteiger partial charge < -0.3 is 14.8 Å². The first-order valence-corrected chi connectivity index (χ1v) is 8.51. The number of rotatable bonds is 5. The Morgan fingerprint density at radius 1 is 1.29 bits per heavy atom. The average Bonchev–Trinajstić information content (AvgIpc) is 3.21. The number of carbonyl (C=O) groups excluding carboxylic acids is 2. The Bertz CT molecular complexity index is 606. The monoisotopic (exact) mass is 333 g/mol. The molecular formula is C19H27NO4. The van der Waals surface area contributed by atoms with Crippen LogP contribution >= 0.6 is 0 Å². The van der Waals surface area contributed by atoms with Crippen molar-refractivity contribution in [1.29, 1.82) is 0 Å². The molecular weight excluding hydrogens is 306 g/mol. The van der Waals surface area contributed by atoms with Crippen LogP contribution in [0.15, 0.2) is 24.3 Å². The van der Waals surface area contributed by atoms with Crippen molar-refractivity contribution in [1.82, 2.24) is 5.32 Å². The Balaban J connectivity index is 2.10. The Hall–Kier alpha value is -2.04. The highest BCUT2D eigenvalue weighted by Crippen LogP contribution is 2.39. The molecule has 1 aliphatic carbocycles. The van der Waals surface area contributed by atoms with Gasteiger partial charge in [-0.25, -0.2) is 4.79 Å². The molecule has 0 bridgehead atoms. The number of alkyl carbamates (subject to hydrolysis) is 1. The van der Waals surface area contributed by atoms with Crippen LogP contribution in [0.5, 0.6) is 5.75 Å². The maximum atomic E-state index is 12.1. The molecule has 0 aromatic heterocycles. The predicted molar refractivity (Wildman–Crippen MR) is 91.7 cm³/mol. The molecule has 0 heterocycles. The summed E-state index contributed by atoms with van der Waals surface area (Å²) in [5.41, 5.74) is 0.226. The summed E-state index contributed by atoms with van der Waals surface area (Å²) in [6.07, 6.45) is 1.06. The zero-order valence-corrected chi connectivity index (χ0v) is 15.1. The van der Waals surface area contributed by atoms with Crippen LogP contribution in [0, 0.1) is 11.8 Å². The first-order valence-electron chi connectivity index (χ1n) is 8.51. The molecule has 1 aromatic rings. The molecule has 0 unspecified atom stereocenters. The Labute approximate surface area is 143 Å². The van der Waals surface area contributed by atoms with Crippen molar-refractivity contribution in [3.63, 3.8) is 0 Å². The lowest BCUT2D eigenvalue weighted by Crippen LogP contribution is -2.35. The van der Waals surface area contributed by atoms with E-state index in [9.17, 15) is 9.59 Å². The van der Waals surface area contributed by atoms with Gasteiger partial charge in [0.05, 0.1) is 12.0 Å². The third-order valence-electron chi connectivity index (χ3n) is 4.02. The van der Waals surface area contributed by atoms with E-state index in [2.05, 4.69) is 5.32 Å². The highest BCUT2D eigenvalue weighted by atomic mass is 16.6. The lowest BCUT2D eigenvalue weighted by Gasteiger charge is -2.24. The summed E-state index contributed by atoms with van der Waals surface area (Å²) in [5.74, 6) is 0.704. The molecule has 1 fully saturated rings. The molecule has 132 valence electrons. The molecule has 1 aliphatic rings. The highest BCUT2D eigenvalue weighted by Gasteiger charge is 2.41. The quantitative estimate of drug-likeness (QED) is 0.647. The lowest BCUT2D eigenvalue weighted by molar-refractivity contribution is -0.136. The zero-order chi connectivity index (χ0) is 17.9. The van der Waals surface area contributed by atoms with Gasteiger partial charge in [0.1, 0.15) is 11.4 Å². The third-order valence-corrected chi connectivity index (χ3v) is 4.02. The van der Waals surface area contributed by atoms with E-state index in [1.807, 2.05) is 52.8 Å². The first-order chi connectivity index (χ1) is 11.2.